The lowest BCUT2D eigenvalue weighted by Crippen LogP contribution is -2.47. The molecule has 3 rings (SSSR count). The summed E-state index contributed by atoms with van der Waals surface area (Å²) in [5.74, 6) is 0.554. The first kappa shape index (κ1) is 19.7. The minimum atomic E-state index is -0.169. The molecule has 1 saturated heterocycles. The van der Waals surface area contributed by atoms with Gasteiger partial charge in [-0.2, -0.15) is 0 Å². The highest BCUT2D eigenvalue weighted by Crippen LogP contribution is 2.29. The Labute approximate surface area is 161 Å². The summed E-state index contributed by atoms with van der Waals surface area (Å²) in [4.78, 5) is 35.7. The molecule has 1 aliphatic carbocycles. The van der Waals surface area contributed by atoms with Gasteiger partial charge in [-0.3, -0.25) is 14.5 Å². The maximum atomic E-state index is 12.6. The second-order valence-corrected chi connectivity index (χ2v) is 7.68. The van der Waals surface area contributed by atoms with Crippen molar-refractivity contribution in [3.63, 3.8) is 0 Å². The van der Waals surface area contributed by atoms with Gasteiger partial charge in [0.2, 0.25) is 5.91 Å². The summed E-state index contributed by atoms with van der Waals surface area (Å²) in [6.45, 7) is 5.09. The number of aromatic nitrogens is 2. The number of amides is 2. The summed E-state index contributed by atoms with van der Waals surface area (Å²) >= 11 is 0. The van der Waals surface area contributed by atoms with Crippen LogP contribution in [0.2, 0.25) is 0 Å². The monoisotopic (exact) mass is 373 g/mol. The average Bonchev–Trinajstić information content (AvgIpc) is 2.88. The minimum Gasteiger partial charge on any atom is -0.355 e. The Hall–Kier alpha value is -2.02. The van der Waals surface area contributed by atoms with Crippen molar-refractivity contribution in [2.75, 3.05) is 13.1 Å². The maximum Gasteiger partial charge on any atom is 0.254 e. The number of hydrogen-bond acceptors (Lipinski definition) is 5. The summed E-state index contributed by atoms with van der Waals surface area (Å²) in [5, 5.41) is 6.06. The molecule has 2 N–H and O–H groups in total. The number of nitrogens with zero attached hydrogens (tertiary/aromatic N) is 3. The summed E-state index contributed by atoms with van der Waals surface area (Å²) in [6, 6.07) is 0.243. The number of carbonyl (C=O) groups excluding carboxylic acids is 2. The first-order chi connectivity index (χ1) is 13.1. The second-order valence-electron chi connectivity index (χ2n) is 7.68. The van der Waals surface area contributed by atoms with Crippen LogP contribution in [0.3, 0.4) is 0 Å². The van der Waals surface area contributed by atoms with E-state index in [0.29, 0.717) is 30.4 Å². The van der Waals surface area contributed by atoms with Gasteiger partial charge in [0.05, 0.1) is 11.6 Å². The number of aryl methyl sites for hydroxylation is 1. The van der Waals surface area contributed by atoms with Crippen LogP contribution in [-0.2, 0) is 4.79 Å². The van der Waals surface area contributed by atoms with Crippen LogP contribution in [0.5, 0.6) is 0 Å². The molecule has 27 heavy (non-hydrogen) atoms. The highest BCUT2D eigenvalue weighted by molar-refractivity contribution is 5.94. The van der Waals surface area contributed by atoms with Crippen LogP contribution in [-0.4, -0.2) is 57.9 Å². The Morgan fingerprint density at radius 3 is 2.44 bits per heavy atom. The van der Waals surface area contributed by atoms with E-state index < -0.39 is 0 Å². The zero-order valence-corrected chi connectivity index (χ0v) is 16.4. The van der Waals surface area contributed by atoms with Crippen LogP contribution in [0.1, 0.15) is 68.1 Å². The SMILES string of the molecule is CCNC(=O)[C@@H]1C[C@H](NC(=O)c2cnc(C)nc2)CN1C1CCCCCC1. The summed E-state index contributed by atoms with van der Waals surface area (Å²) in [6.07, 6.45) is 11.1. The fraction of sp³-hybridized carbons (Fsp3) is 0.700. The maximum absolute atomic E-state index is 12.6. The molecule has 7 heteroatoms. The Bertz CT molecular complexity index is 640. The number of carbonyl (C=O) groups is 2. The Balaban J connectivity index is 1.68. The van der Waals surface area contributed by atoms with E-state index in [1.807, 2.05) is 6.92 Å². The van der Waals surface area contributed by atoms with Crippen molar-refractivity contribution in [3.05, 3.63) is 23.8 Å². The largest absolute Gasteiger partial charge is 0.355 e. The molecule has 0 bridgehead atoms. The topological polar surface area (TPSA) is 87.2 Å². The van der Waals surface area contributed by atoms with E-state index in [0.717, 1.165) is 19.4 Å². The number of nitrogens with one attached hydrogen (secondary N) is 2. The van der Waals surface area contributed by atoms with Crippen molar-refractivity contribution in [2.45, 2.75) is 76.9 Å². The molecule has 1 saturated carbocycles. The molecule has 0 radical (unpaired) electrons. The second kappa shape index (κ2) is 9.26. The van der Waals surface area contributed by atoms with Crippen molar-refractivity contribution in [3.8, 4) is 0 Å². The Morgan fingerprint density at radius 2 is 1.81 bits per heavy atom. The average molecular weight is 374 g/mol. The predicted molar refractivity (Wildman–Crippen MR) is 103 cm³/mol. The number of hydrogen-bond donors (Lipinski definition) is 2. The third-order valence-corrected chi connectivity index (χ3v) is 5.67. The molecular formula is C20H31N5O2. The van der Waals surface area contributed by atoms with Crippen molar-refractivity contribution in [2.24, 2.45) is 0 Å². The van der Waals surface area contributed by atoms with Crippen molar-refractivity contribution in [1.82, 2.24) is 25.5 Å². The molecule has 2 aliphatic rings. The standard InChI is InChI=1S/C20H31N5O2/c1-3-21-20(27)18-10-16(13-25(18)17-8-6-4-5-7-9-17)24-19(26)15-11-22-14(2)23-12-15/h11-12,16-18H,3-10,13H2,1-2H3,(H,21,27)(H,24,26)/t16-,18-/m0/s1. The first-order valence-electron chi connectivity index (χ1n) is 10.2. The smallest absolute Gasteiger partial charge is 0.254 e. The van der Waals surface area contributed by atoms with Crippen molar-refractivity contribution < 1.29 is 9.59 Å². The van der Waals surface area contributed by atoms with Gasteiger partial charge in [-0.15, -0.1) is 0 Å². The fourth-order valence-corrected chi connectivity index (χ4v) is 4.29. The highest BCUT2D eigenvalue weighted by atomic mass is 16.2. The Kier molecular flexibility index (Phi) is 6.77. The predicted octanol–water partition coefficient (Wildman–Crippen LogP) is 1.82. The van der Waals surface area contributed by atoms with E-state index >= 15 is 0 Å². The van der Waals surface area contributed by atoms with Gasteiger partial charge < -0.3 is 10.6 Å². The van der Waals surface area contributed by atoms with Crippen LogP contribution < -0.4 is 10.6 Å². The number of rotatable bonds is 5. The van der Waals surface area contributed by atoms with Gasteiger partial charge in [-0.1, -0.05) is 25.7 Å². The van der Waals surface area contributed by atoms with E-state index in [1.165, 1.54) is 25.7 Å². The quantitative estimate of drug-likeness (QED) is 0.769. The van der Waals surface area contributed by atoms with Gasteiger partial charge in [-0.25, -0.2) is 9.97 Å². The molecule has 7 nitrogen and oxygen atoms in total. The molecule has 0 unspecified atom stereocenters. The molecule has 1 aliphatic heterocycles. The van der Waals surface area contributed by atoms with Crippen LogP contribution >= 0.6 is 0 Å². The molecule has 1 aromatic rings. The van der Waals surface area contributed by atoms with Crippen LogP contribution in [0.15, 0.2) is 12.4 Å². The fourth-order valence-electron chi connectivity index (χ4n) is 4.29. The lowest BCUT2D eigenvalue weighted by molar-refractivity contribution is -0.126. The number of likely N-dealkylation sites (tertiary alicyclic amines) is 1. The van der Waals surface area contributed by atoms with Crippen LogP contribution in [0, 0.1) is 6.92 Å². The third-order valence-electron chi connectivity index (χ3n) is 5.67. The Morgan fingerprint density at radius 1 is 1.15 bits per heavy atom. The van der Waals surface area contributed by atoms with Gasteiger partial charge in [0.25, 0.3) is 5.91 Å². The molecule has 2 atom stereocenters. The number of likely N-dealkylation sites (N-methyl/N-ethyl adjacent to an activating group) is 1. The van der Waals surface area contributed by atoms with Crippen LogP contribution in [0.25, 0.3) is 0 Å². The van der Waals surface area contributed by atoms with E-state index in [9.17, 15) is 9.59 Å². The highest BCUT2D eigenvalue weighted by Gasteiger charge is 2.40. The first-order valence-corrected chi connectivity index (χ1v) is 10.2. The van der Waals surface area contributed by atoms with E-state index in [-0.39, 0.29) is 23.9 Å². The molecule has 148 valence electrons. The van der Waals surface area contributed by atoms with Gasteiger partial charge in [0.1, 0.15) is 5.82 Å². The summed E-state index contributed by atoms with van der Waals surface area (Å²) in [7, 11) is 0. The molecular weight excluding hydrogens is 342 g/mol. The van der Waals surface area contributed by atoms with Gasteiger partial charge in [0, 0.05) is 37.6 Å². The third kappa shape index (κ3) is 5.03. The molecule has 2 amide bonds. The summed E-state index contributed by atoms with van der Waals surface area (Å²) in [5.41, 5.74) is 0.461. The zero-order chi connectivity index (χ0) is 19.2. The zero-order valence-electron chi connectivity index (χ0n) is 16.4. The van der Waals surface area contributed by atoms with E-state index in [1.54, 1.807) is 19.3 Å². The van der Waals surface area contributed by atoms with Crippen molar-refractivity contribution in [1.29, 1.82) is 0 Å². The van der Waals surface area contributed by atoms with E-state index in [2.05, 4.69) is 25.5 Å². The molecule has 1 aromatic heterocycles. The molecule has 2 fully saturated rings. The molecule has 0 aromatic carbocycles. The molecule has 0 spiro atoms. The van der Waals surface area contributed by atoms with Gasteiger partial charge in [-0.05, 0) is 33.1 Å². The van der Waals surface area contributed by atoms with Gasteiger partial charge in [0.15, 0.2) is 0 Å². The van der Waals surface area contributed by atoms with Crippen molar-refractivity contribution >= 4 is 11.8 Å². The normalized spacial score (nSPS) is 24.4. The minimum absolute atomic E-state index is 0.0327. The lowest BCUT2D eigenvalue weighted by atomic mass is 10.1. The summed E-state index contributed by atoms with van der Waals surface area (Å²) < 4.78 is 0. The van der Waals surface area contributed by atoms with Crippen LogP contribution in [0.4, 0.5) is 0 Å². The van der Waals surface area contributed by atoms with E-state index in [4.69, 9.17) is 0 Å². The molecule has 2 heterocycles. The lowest BCUT2D eigenvalue weighted by Gasteiger charge is -2.31. The van der Waals surface area contributed by atoms with Gasteiger partial charge >= 0.3 is 0 Å².